The number of nitro groups is 1. The highest BCUT2D eigenvalue weighted by Crippen LogP contribution is 2.39. The van der Waals surface area contributed by atoms with Crippen LogP contribution in [-0.4, -0.2) is 36.9 Å². The zero-order chi connectivity index (χ0) is 17.8. The van der Waals surface area contributed by atoms with Crippen LogP contribution in [0.5, 0.6) is 0 Å². The summed E-state index contributed by atoms with van der Waals surface area (Å²) in [5.74, 6) is 0.503. The number of unbranched alkanes of at least 4 members (excludes halogenated alkanes) is 1. The fraction of sp³-hybridized carbons (Fsp3) is 0.632. The number of hydrogen-bond acceptors (Lipinski definition) is 3. The van der Waals surface area contributed by atoms with Crippen molar-refractivity contribution in [3.8, 4) is 0 Å². The SMILES string of the molecule is CCCCC12C[NH+]3CC(C)(C[NH+](C1)C3c1ccc([N+](=O)[O-])cc1)C2=O. The number of nitrogens with zero attached hydrogens (tertiary/aromatic N) is 1. The number of nitro benzene ring substituents is 1. The first-order chi connectivity index (χ1) is 11.9. The molecule has 0 saturated carbocycles. The topological polar surface area (TPSA) is 69.1 Å². The van der Waals surface area contributed by atoms with Crippen LogP contribution < -0.4 is 9.80 Å². The maximum Gasteiger partial charge on any atom is 0.269 e. The first-order valence-electron chi connectivity index (χ1n) is 9.37. The molecule has 6 nitrogen and oxygen atoms in total. The van der Waals surface area contributed by atoms with Gasteiger partial charge < -0.3 is 0 Å². The number of benzene rings is 1. The van der Waals surface area contributed by atoms with Crippen LogP contribution in [0.4, 0.5) is 5.69 Å². The minimum absolute atomic E-state index is 0.143. The predicted octanol–water partition coefficient (Wildman–Crippen LogP) is 0.156. The Labute approximate surface area is 147 Å². The molecule has 0 aromatic heterocycles. The Kier molecular flexibility index (Phi) is 3.74. The van der Waals surface area contributed by atoms with E-state index in [0.29, 0.717) is 11.9 Å². The highest BCUT2D eigenvalue weighted by Gasteiger charge is 2.69. The molecule has 4 aliphatic heterocycles. The molecule has 25 heavy (non-hydrogen) atoms. The number of quaternary nitrogens is 2. The molecule has 2 unspecified atom stereocenters. The third kappa shape index (κ3) is 2.42. The van der Waals surface area contributed by atoms with Crippen molar-refractivity contribution in [3.63, 3.8) is 0 Å². The van der Waals surface area contributed by atoms with Crippen LogP contribution in [0.2, 0.25) is 0 Å². The van der Waals surface area contributed by atoms with Gasteiger partial charge in [0.2, 0.25) is 6.17 Å². The van der Waals surface area contributed by atoms with Gasteiger partial charge in [-0.15, -0.1) is 0 Å². The summed E-state index contributed by atoms with van der Waals surface area (Å²) in [7, 11) is 0. The van der Waals surface area contributed by atoms with Gasteiger partial charge in [-0.2, -0.15) is 0 Å². The smallest absolute Gasteiger partial charge is 0.269 e. The summed E-state index contributed by atoms with van der Waals surface area (Å²) >= 11 is 0. The third-order valence-corrected chi connectivity index (χ3v) is 6.66. The molecular weight excluding hydrogens is 318 g/mol. The van der Waals surface area contributed by atoms with E-state index in [0.717, 1.165) is 51.0 Å². The van der Waals surface area contributed by atoms with Gasteiger partial charge in [0.1, 0.15) is 23.9 Å². The van der Waals surface area contributed by atoms with Crippen LogP contribution in [0.25, 0.3) is 0 Å². The van der Waals surface area contributed by atoms with Gasteiger partial charge in [0.15, 0.2) is 5.78 Å². The number of rotatable bonds is 5. The Balaban J connectivity index is 1.65. The molecule has 4 saturated heterocycles. The molecule has 4 heterocycles. The van der Waals surface area contributed by atoms with Gasteiger partial charge in [0.05, 0.1) is 23.6 Å². The lowest BCUT2D eigenvalue weighted by atomic mass is 9.59. The molecule has 2 N–H and O–H groups in total. The van der Waals surface area contributed by atoms with Gasteiger partial charge in [0, 0.05) is 12.1 Å². The first-order valence-corrected chi connectivity index (χ1v) is 9.37. The summed E-state index contributed by atoms with van der Waals surface area (Å²) in [6.45, 7) is 7.97. The number of carbonyl (C=O) groups is 1. The summed E-state index contributed by atoms with van der Waals surface area (Å²) in [4.78, 5) is 26.7. The van der Waals surface area contributed by atoms with Crippen molar-refractivity contribution >= 4 is 11.5 Å². The van der Waals surface area contributed by atoms with E-state index in [1.165, 1.54) is 9.80 Å². The van der Waals surface area contributed by atoms with E-state index in [2.05, 4.69) is 13.8 Å². The lowest BCUT2D eigenvalue weighted by Crippen LogP contribution is -3.41. The van der Waals surface area contributed by atoms with Gasteiger partial charge in [0.25, 0.3) is 5.69 Å². The summed E-state index contributed by atoms with van der Waals surface area (Å²) in [5.41, 5.74) is 0.954. The molecule has 0 aliphatic carbocycles. The zero-order valence-electron chi connectivity index (χ0n) is 15.0. The Bertz CT molecular complexity index is 699. The fourth-order valence-corrected chi connectivity index (χ4v) is 5.85. The monoisotopic (exact) mass is 345 g/mol. The van der Waals surface area contributed by atoms with E-state index < -0.39 is 0 Å². The van der Waals surface area contributed by atoms with E-state index in [9.17, 15) is 14.9 Å². The number of carbonyl (C=O) groups excluding carboxylic acids is 1. The van der Waals surface area contributed by atoms with Crippen molar-refractivity contribution in [2.24, 2.45) is 10.8 Å². The molecule has 4 aliphatic rings. The van der Waals surface area contributed by atoms with Crippen LogP contribution >= 0.6 is 0 Å². The second kappa shape index (κ2) is 5.61. The summed E-state index contributed by atoms with van der Waals surface area (Å²) < 4.78 is 0. The van der Waals surface area contributed by atoms with Crippen molar-refractivity contribution in [2.45, 2.75) is 39.3 Å². The average molecular weight is 345 g/mol. The fourth-order valence-electron chi connectivity index (χ4n) is 5.85. The molecule has 1 aromatic carbocycles. The van der Waals surface area contributed by atoms with Crippen LogP contribution in [0.1, 0.15) is 44.8 Å². The molecule has 134 valence electrons. The highest BCUT2D eigenvalue weighted by atomic mass is 16.6. The zero-order valence-corrected chi connectivity index (χ0v) is 15.0. The molecular formula is C19H27N3O3+2. The quantitative estimate of drug-likeness (QED) is 0.590. The van der Waals surface area contributed by atoms with E-state index in [4.69, 9.17) is 0 Å². The van der Waals surface area contributed by atoms with Gasteiger partial charge in [-0.05, 0) is 25.5 Å². The minimum atomic E-state index is -0.347. The summed E-state index contributed by atoms with van der Waals surface area (Å²) in [6, 6.07) is 7.05. The average Bonchev–Trinajstić information content (AvgIpc) is 2.57. The number of piperidine rings is 2. The largest absolute Gasteiger partial charge is 0.297 e. The number of nitrogens with one attached hydrogen (secondary N) is 2. The number of hydrogen-bond donors (Lipinski definition) is 2. The van der Waals surface area contributed by atoms with E-state index in [1.807, 2.05) is 12.1 Å². The maximum atomic E-state index is 13.2. The van der Waals surface area contributed by atoms with E-state index in [1.54, 1.807) is 12.1 Å². The van der Waals surface area contributed by atoms with Crippen molar-refractivity contribution in [3.05, 3.63) is 39.9 Å². The van der Waals surface area contributed by atoms with Crippen molar-refractivity contribution in [1.82, 2.24) is 0 Å². The number of ketones is 1. The Hall–Kier alpha value is -1.79. The first kappa shape index (κ1) is 16.7. The molecule has 0 amide bonds. The third-order valence-electron chi connectivity index (χ3n) is 6.66. The minimum Gasteiger partial charge on any atom is -0.297 e. The van der Waals surface area contributed by atoms with Gasteiger partial charge in [-0.1, -0.05) is 19.8 Å². The maximum absolute atomic E-state index is 13.2. The lowest BCUT2D eigenvalue weighted by Gasteiger charge is -2.59. The molecule has 4 bridgehead atoms. The number of Topliss-reactive ketones (excluding diaryl/α,β-unsaturated/α-hetero) is 1. The molecule has 5 rings (SSSR count). The predicted molar refractivity (Wildman–Crippen MR) is 92.3 cm³/mol. The van der Waals surface area contributed by atoms with Crippen LogP contribution in [0.15, 0.2) is 24.3 Å². The normalized spacial score (nSPS) is 39.0. The highest BCUT2D eigenvalue weighted by molar-refractivity contribution is 5.91. The standard InChI is InChI=1S/C19H25N3O3/c1-3-4-9-19-12-20-10-18(2,17(19)23)11-21(13-19)16(20)14-5-7-15(8-6-14)22(24)25/h5-8,16H,3-4,9-13H2,1-2H3/p+2. The lowest BCUT2D eigenvalue weighted by molar-refractivity contribution is -1.18. The van der Waals surface area contributed by atoms with Crippen LogP contribution in [0, 0.1) is 20.9 Å². The van der Waals surface area contributed by atoms with Crippen molar-refractivity contribution < 1.29 is 19.5 Å². The Morgan fingerprint density at radius 1 is 1.16 bits per heavy atom. The molecule has 1 aromatic rings. The Morgan fingerprint density at radius 2 is 1.76 bits per heavy atom. The van der Waals surface area contributed by atoms with Crippen molar-refractivity contribution in [2.75, 3.05) is 26.2 Å². The van der Waals surface area contributed by atoms with Crippen LogP contribution in [-0.2, 0) is 4.79 Å². The van der Waals surface area contributed by atoms with Gasteiger partial charge in [-0.3, -0.25) is 24.7 Å². The molecule has 6 heteroatoms. The Morgan fingerprint density at radius 3 is 2.28 bits per heavy atom. The van der Waals surface area contributed by atoms with Crippen LogP contribution in [0.3, 0.4) is 0 Å². The van der Waals surface area contributed by atoms with Gasteiger partial charge >= 0.3 is 0 Å². The molecule has 2 atom stereocenters. The van der Waals surface area contributed by atoms with Crippen molar-refractivity contribution in [1.29, 1.82) is 0 Å². The summed E-state index contributed by atoms with van der Waals surface area (Å²) in [6.07, 6.45) is 3.56. The second-order valence-corrected chi connectivity index (χ2v) is 8.58. The van der Waals surface area contributed by atoms with E-state index >= 15 is 0 Å². The van der Waals surface area contributed by atoms with Gasteiger partial charge in [-0.25, -0.2) is 0 Å². The molecule has 4 fully saturated rings. The summed E-state index contributed by atoms with van der Waals surface area (Å²) in [5, 5.41) is 10.9. The molecule has 0 spiro atoms. The van der Waals surface area contributed by atoms with E-state index in [-0.39, 0.29) is 21.4 Å². The molecule has 0 radical (unpaired) electrons. The number of non-ortho nitro benzene ring substituents is 1. The second-order valence-electron chi connectivity index (χ2n) is 8.58.